The molecule has 0 fully saturated rings. The molecule has 1 rings (SSSR count). The molecule has 1 N–H and O–H groups in total. The van der Waals surface area contributed by atoms with Crippen molar-refractivity contribution >= 4 is 0 Å². The largest absolute Gasteiger partial charge is 0.374 e. The lowest BCUT2D eigenvalue weighted by Crippen LogP contribution is -2.53. The van der Waals surface area contributed by atoms with Crippen LogP contribution < -0.4 is 5.32 Å². The molecule has 0 aliphatic heterocycles. The molecule has 1 unspecified atom stereocenters. The maximum absolute atomic E-state index is 6.16. The van der Waals surface area contributed by atoms with Gasteiger partial charge in [0.2, 0.25) is 0 Å². The van der Waals surface area contributed by atoms with E-state index < -0.39 is 0 Å². The van der Waals surface area contributed by atoms with E-state index in [0.717, 1.165) is 39.0 Å². The molecule has 4 heteroatoms. The average Bonchev–Trinajstić information content (AvgIpc) is 2.92. The molecule has 0 aromatic carbocycles. The molecule has 0 aliphatic carbocycles. The van der Waals surface area contributed by atoms with E-state index >= 15 is 0 Å². The predicted octanol–water partition coefficient (Wildman–Crippen LogP) is 3.02. The van der Waals surface area contributed by atoms with Crippen LogP contribution in [0.5, 0.6) is 0 Å². The van der Waals surface area contributed by atoms with Gasteiger partial charge >= 0.3 is 0 Å². The van der Waals surface area contributed by atoms with E-state index in [1.54, 1.807) is 0 Å². The quantitative estimate of drug-likeness (QED) is 0.716. The molecule has 20 heavy (non-hydrogen) atoms. The van der Waals surface area contributed by atoms with Crippen LogP contribution in [0.15, 0.2) is 12.4 Å². The van der Waals surface area contributed by atoms with Crippen LogP contribution in [0.25, 0.3) is 0 Å². The normalized spacial score (nSPS) is 13.7. The first-order valence-electron chi connectivity index (χ1n) is 8.04. The lowest BCUT2D eigenvalue weighted by Gasteiger charge is -2.40. The average molecular weight is 281 g/mol. The second-order valence-electron chi connectivity index (χ2n) is 5.22. The third kappa shape index (κ3) is 4.06. The fourth-order valence-corrected chi connectivity index (χ4v) is 2.95. The summed E-state index contributed by atoms with van der Waals surface area (Å²) in [4.78, 5) is 0. The first-order chi connectivity index (χ1) is 9.65. The molecular weight excluding hydrogens is 250 g/mol. The summed E-state index contributed by atoms with van der Waals surface area (Å²) in [6.07, 6.45) is 7.14. The van der Waals surface area contributed by atoms with Crippen molar-refractivity contribution in [2.45, 2.75) is 72.1 Å². The Balaban J connectivity index is 2.89. The number of rotatable bonds is 10. The summed E-state index contributed by atoms with van der Waals surface area (Å²) in [5, 5.41) is 8.00. The highest BCUT2D eigenvalue weighted by atomic mass is 16.5. The van der Waals surface area contributed by atoms with Crippen LogP contribution in [-0.4, -0.2) is 34.6 Å². The molecule has 0 saturated heterocycles. The summed E-state index contributed by atoms with van der Waals surface area (Å²) in [6.45, 7) is 13.4. The molecule has 1 aromatic rings. The third-order valence-electron chi connectivity index (χ3n) is 4.16. The first-order valence-corrected chi connectivity index (χ1v) is 8.04. The number of aryl methyl sites for hydroxylation is 1. The number of aromatic nitrogens is 2. The van der Waals surface area contributed by atoms with Gasteiger partial charge in [-0.15, -0.1) is 0 Å². The van der Waals surface area contributed by atoms with Crippen LogP contribution in [0.1, 0.15) is 53.0 Å². The van der Waals surface area contributed by atoms with Crippen LogP contribution >= 0.6 is 0 Å². The first kappa shape index (κ1) is 17.2. The Hall–Kier alpha value is -0.870. The molecule has 116 valence electrons. The van der Waals surface area contributed by atoms with Gasteiger partial charge in [-0.3, -0.25) is 4.68 Å². The highest BCUT2D eigenvalue weighted by molar-refractivity contribution is 5.09. The Bertz CT molecular complexity index is 372. The van der Waals surface area contributed by atoms with Crippen molar-refractivity contribution < 1.29 is 4.74 Å². The molecule has 0 spiro atoms. The number of likely N-dealkylation sites (N-methyl/N-ethyl adjacent to an activating group) is 1. The molecule has 0 amide bonds. The van der Waals surface area contributed by atoms with Crippen LogP contribution in [0.4, 0.5) is 0 Å². The fraction of sp³-hybridized carbons (Fsp3) is 0.812. The molecule has 0 saturated carbocycles. The van der Waals surface area contributed by atoms with E-state index in [-0.39, 0.29) is 5.60 Å². The molecule has 1 atom stereocenters. The molecule has 4 nitrogen and oxygen atoms in total. The van der Waals surface area contributed by atoms with Gasteiger partial charge in [0.25, 0.3) is 0 Å². The maximum atomic E-state index is 6.16. The topological polar surface area (TPSA) is 39.1 Å². The zero-order chi connectivity index (χ0) is 15.0. The molecule has 0 radical (unpaired) electrons. The minimum Gasteiger partial charge on any atom is -0.374 e. The Labute approximate surface area is 123 Å². The van der Waals surface area contributed by atoms with Gasteiger partial charge in [0.15, 0.2) is 0 Å². The van der Waals surface area contributed by atoms with E-state index in [0.29, 0.717) is 6.04 Å². The van der Waals surface area contributed by atoms with E-state index in [1.165, 1.54) is 5.56 Å². The number of nitrogens with one attached hydrogen (secondary N) is 1. The minimum atomic E-state index is -0.0843. The summed E-state index contributed by atoms with van der Waals surface area (Å²) >= 11 is 0. The molecular formula is C16H31N3O. The minimum absolute atomic E-state index is 0.0843. The zero-order valence-corrected chi connectivity index (χ0v) is 13.8. The van der Waals surface area contributed by atoms with Crippen LogP contribution in [0.2, 0.25) is 0 Å². The van der Waals surface area contributed by atoms with Crippen molar-refractivity contribution in [3.8, 4) is 0 Å². The summed E-state index contributed by atoms with van der Waals surface area (Å²) in [5.74, 6) is 0. The summed E-state index contributed by atoms with van der Waals surface area (Å²) in [6, 6.07) is 0.331. The van der Waals surface area contributed by atoms with Gasteiger partial charge < -0.3 is 10.1 Å². The molecule has 1 aromatic heterocycles. The second-order valence-corrected chi connectivity index (χ2v) is 5.22. The number of hydrogen-bond acceptors (Lipinski definition) is 3. The van der Waals surface area contributed by atoms with Gasteiger partial charge in [-0.25, -0.2) is 0 Å². The van der Waals surface area contributed by atoms with Crippen LogP contribution in [0.3, 0.4) is 0 Å². The molecule has 0 bridgehead atoms. The van der Waals surface area contributed by atoms with E-state index in [1.807, 2.05) is 10.9 Å². The highest BCUT2D eigenvalue weighted by Gasteiger charge is 2.36. The third-order valence-corrected chi connectivity index (χ3v) is 4.16. The SMILES string of the molecule is CCNC(Cc1cnn(CC)c1)C(CC)(CC)OCC. The second kappa shape index (κ2) is 8.42. The van der Waals surface area contributed by atoms with E-state index in [2.05, 4.69) is 51.2 Å². The number of ether oxygens (including phenoxy) is 1. The van der Waals surface area contributed by atoms with Gasteiger partial charge in [0.1, 0.15) is 0 Å². The van der Waals surface area contributed by atoms with Gasteiger partial charge in [-0.05, 0) is 45.2 Å². The Kier molecular flexibility index (Phi) is 7.24. The lowest BCUT2D eigenvalue weighted by atomic mass is 9.84. The van der Waals surface area contributed by atoms with Crippen molar-refractivity contribution in [2.75, 3.05) is 13.2 Å². The van der Waals surface area contributed by atoms with Gasteiger partial charge in [0.05, 0.1) is 11.8 Å². The molecule has 0 aliphatic rings. The van der Waals surface area contributed by atoms with Crippen LogP contribution in [0, 0.1) is 0 Å². The Morgan fingerprint density at radius 3 is 2.40 bits per heavy atom. The summed E-state index contributed by atoms with van der Waals surface area (Å²) in [7, 11) is 0. The predicted molar refractivity (Wildman–Crippen MR) is 84.0 cm³/mol. The summed E-state index contributed by atoms with van der Waals surface area (Å²) < 4.78 is 8.14. The van der Waals surface area contributed by atoms with Crippen molar-refractivity contribution in [1.29, 1.82) is 0 Å². The highest BCUT2D eigenvalue weighted by Crippen LogP contribution is 2.27. The van der Waals surface area contributed by atoms with E-state index in [9.17, 15) is 0 Å². The number of nitrogens with zero attached hydrogens (tertiary/aromatic N) is 2. The van der Waals surface area contributed by atoms with Crippen molar-refractivity contribution in [3.05, 3.63) is 18.0 Å². The molecule has 1 heterocycles. The fourth-order valence-electron chi connectivity index (χ4n) is 2.95. The Morgan fingerprint density at radius 1 is 1.25 bits per heavy atom. The van der Waals surface area contributed by atoms with Crippen LogP contribution in [-0.2, 0) is 17.7 Å². The standard InChI is InChI=1S/C16H31N3O/c1-6-16(7-2,20-10-5)15(17-8-3)11-14-12-18-19(9-4)13-14/h12-13,15,17H,6-11H2,1-5H3. The lowest BCUT2D eigenvalue weighted by molar-refractivity contribution is -0.0715. The van der Waals surface area contributed by atoms with Crippen molar-refractivity contribution in [1.82, 2.24) is 15.1 Å². The Morgan fingerprint density at radius 2 is 1.95 bits per heavy atom. The number of hydrogen-bond donors (Lipinski definition) is 1. The van der Waals surface area contributed by atoms with Crippen molar-refractivity contribution in [2.24, 2.45) is 0 Å². The summed E-state index contributed by atoms with van der Waals surface area (Å²) in [5.41, 5.74) is 1.20. The van der Waals surface area contributed by atoms with Gasteiger partial charge in [-0.1, -0.05) is 20.8 Å². The maximum Gasteiger partial charge on any atom is 0.0832 e. The van der Waals surface area contributed by atoms with Gasteiger partial charge in [0, 0.05) is 25.4 Å². The smallest absolute Gasteiger partial charge is 0.0832 e. The van der Waals surface area contributed by atoms with E-state index in [4.69, 9.17) is 4.74 Å². The van der Waals surface area contributed by atoms with Gasteiger partial charge in [-0.2, -0.15) is 5.10 Å². The monoisotopic (exact) mass is 281 g/mol. The van der Waals surface area contributed by atoms with Crippen molar-refractivity contribution in [3.63, 3.8) is 0 Å². The zero-order valence-electron chi connectivity index (χ0n) is 13.8.